The van der Waals surface area contributed by atoms with Crippen molar-refractivity contribution >= 4 is 18.2 Å². The summed E-state index contributed by atoms with van der Waals surface area (Å²) in [7, 11) is 9.42. The Kier molecular flexibility index (Phi) is 5.27. The zero-order valence-electron chi connectivity index (χ0n) is 9.50. The largest absolute Gasteiger partial charge is 0.329 e. The van der Waals surface area contributed by atoms with Gasteiger partial charge < -0.3 is 13.4 Å². The van der Waals surface area contributed by atoms with Crippen molar-refractivity contribution in [3.05, 3.63) is 0 Å². The predicted molar refractivity (Wildman–Crippen MR) is 61.2 cm³/mol. The van der Waals surface area contributed by atoms with E-state index in [1.165, 1.54) is 0 Å². The van der Waals surface area contributed by atoms with Gasteiger partial charge in [-0.15, -0.1) is 0 Å². The predicted octanol–water partition coefficient (Wildman–Crippen LogP) is -0.258. The molecule has 0 aromatic rings. The Bertz CT molecular complexity index is 116. The highest BCUT2D eigenvalue weighted by molar-refractivity contribution is 6.68. The van der Waals surface area contributed by atoms with E-state index in [-0.39, 0.29) is 0 Å². The summed E-state index contributed by atoms with van der Waals surface area (Å²) in [4.78, 5) is 0. The molecule has 2 unspecified atom stereocenters. The molecule has 0 N–H and O–H groups in total. The maximum Gasteiger partial charge on any atom is 0.180 e. The van der Waals surface area contributed by atoms with Crippen molar-refractivity contribution in [2.24, 2.45) is 0 Å². The number of hydrogen-bond donors (Lipinski definition) is 0. The van der Waals surface area contributed by atoms with Crippen LogP contribution in [0.4, 0.5) is 0 Å². The van der Waals surface area contributed by atoms with Crippen LogP contribution in [0.25, 0.3) is 0 Å². The van der Waals surface area contributed by atoms with E-state index < -0.39 is 18.2 Å². The minimum absolute atomic E-state index is 0.797. The van der Waals surface area contributed by atoms with Gasteiger partial charge in [-0.05, 0) is 48.3 Å². The van der Waals surface area contributed by atoms with Crippen LogP contribution in [0.5, 0.6) is 0 Å². The molecule has 0 aromatic carbocycles. The van der Waals surface area contributed by atoms with Gasteiger partial charge in [-0.1, -0.05) is 0 Å². The normalized spacial score (nSPS) is 17.5. The molecule has 0 aliphatic carbocycles. The van der Waals surface area contributed by atoms with E-state index in [1.807, 2.05) is 0 Å². The quantitative estimate of drug-likeness (QED) is 0.586. The topological polar surface area (TPSA) is 9.72 Å². The van der Waals surface area contributed by atoms with Crippen molar-refractivity contribution in [3.8, 4) is 0 Å². The summed E-state index contributed by atoms with van der Waals surface area (Å²) < 4.78 is 7.38. The van der Waals surface area contributed by atoms with Gasteiger partial charge in [0.15, 0.2) is 18.2 Å². The molecule has 0 aliphatic heterocycles. The van der Waals surface area contributed by atoms with Gasteiger partial charge in [-0.2, -0.15) is 0 Å². The van der Waals surface area contributed by atoms with E-state index in [1.54, 1.807) is 0 Å². The summed E-state index contributed by atoms with van der Waals surface area (Å²) in [5, 5.41) is 0. The van der Waals surface area contributed by atoms with Gasteiger partial charge in [-0.3, -0.25) is 0 Å². The Labute approximate surface area is 80.5 Å². The first-order valence-electron chi connectivity index (χ1n) is 4.42. The van der Waals surface area contributed by atoms with Crippen LogP contribution in [0.2, 0.25) is 13.1 Å². The summed E-state index contributed by atoms with van der Waals surface area (Å²) >= 11 is 0. The van der Waals surface area contributed by atoms with E-state index in [4.69, 9.17) is 0 Å². The molecule has 0 heterocycles. The molecule has 0 spiro atoms. The minimum atomic E-state index is -0.797. The third kappa shape index (κ3) is 3.36. The highest BCUT2D eigenvalue weighted by Crippen LogP contribution is 1.99. The van der Waals surface area contributed by atoms with Crippen LogP contribution in [0.1, 0.15) is 0 Å². The first-order chi connectivity index (χ1) is 5.37. The first kappa shape index (κ1) is 12.3. The third-order valence-electron chi connectivity index (χ3n) is 2.67. The maximum atomic E-state index is 2.61. The average molecular weight is 205 g/mol. The Morgan fingerprint density at radius 2 is 0.917 bits per heavy atom. The Balaban J connectivity index is 4.08. The van der Waals surface area contributed by atoms with Gasteiger partial charge in [0.25, 0.3) is 0 Å². The molecule has 0 bridgehead atoms. The van der Waals surface area contributed by atoms with Crippen LogP contribution >= 0.6 is 0 Å². The summed E-state index contributed by atoms with van der Waals surface area (Å²) in [5.41, 5.74) is 0. The number of hydrogen-bond acceptors (Lipinski definition) is 3. The van der Waals surface area contributed by atoms with E-state index in [9.17, 15) is 0 Å². The van der Waals surface area contributed by atoms with Crippen molar-refractivity contribution in [1.82, 2.24) is 13.4 Å². The molecule has 3 nitrogen and oxygen atoms in total. The molecule has 2 atom stereocenters. The van der Waals surface area contributed by atoms with Crippen molar-refractivity contribution in [2.45, 2.75) is 13.1 Å². The monoisotopic (exact) mass is 205 g/mol. The molecule has 12 heavy (non-hydrogen) atoms. The molecule has 0 radical (unpaired) electrons. The molecule has 5 heteroatoms. The number of rotatable bonds is 4. The second-order valence-electron chi connectivity index (χ2n) is 3.86. The zero-order valence-corrected chi connectivity index (χ0v) is 11.8. The molecular weight excluding hydrogens is 182 g/mol. The summed E-state index contributed by atoms with van der Waals surface area (Å²) in [5.74, 6) is 0. The zero-order chi connectivity index (χ0) is 9.89. The molecule has 0 saturated carbocycles. The van der Waals surface area contributed by atoms with Crippen LogP contribution < -0.4 is 0 Å². The fraction of sp³-hybridized carbons (Fsp3) is 1.00. The first-order valence-corrected chi connectivity index (χ1v) is 8.80. The van der Waals surface area contributed by atoms with Gasteiger partial charge in [0.1, 0.15) is 0 Å². The van der Waals surface area contributed by atoms with Gasteiger partial charge in [0, 0.05) is 0 Å². The van der Waals surface area contributed by atoms with Gasteiger partial charge >= 0.3 is 0 Å². The smallest absolute Gasteiger partial charge is 0.180 e. The highest BCUT2D eigenvalue weighted by atomic mass is 28.4. The summed E-state index contributed by atoms with van der Waals surface area (Å²) in [6.07, 6.45) is 0. The summed E-state index contributed by atoms with van der Waals surface area (Å²) in [6.45, 7) is 4.76. The van der Waals surface area contributed by atoms with Gasteiger partial charge in [-0.25, -0.2) is 0 Å². The molecule has 0 saturated heterocycles. The van der Waals surface area contributed by atoms with Gasteiger partial charge in [0.2, 0.25) is 0 Å². The lowest BCUT2D eigenvalue weighted by Crippen LogP contribution is -2.56. The standard InChI is InChI=1S/C7H23N3Si2/c1-8(2)11(6)10(5)12(7)9(3)4/h11-12H,1-7H3. The fourth-order valence-electron chi connectivity index (χ4n) is 1.04. The maximum absolute atomic E-state index is 2.61. The van der Waals surface area contributed by atoms with Crippen LogP contribution in [0.15, 0.2) is 0 Å². The average Bonchev–Trinajstić information content (AvgIpc) is 2.00. The fourth-order valence-corrected chi connectivity index (χ4v) is 6.60. The Morgan fingerprint density at radius 3 is 1.08 bits per heavy atom. The van der Waals surface area contributed by atoms with Crippen LogP contribution in [-0.2, 0) is 0 Å². The van der Waals surface area contributed by atoms with Crippen molar-refractivity contribution in [2.75, 3.05) is 35.2 Å². The van der Waals surface area contributed by atoms with Crippen molar-refractivity contribution in [1.29, 1.82) is 0 Å². The molecular formula is C7H23N3Si2. The number of nitrogens with zero attached hydrogens (tertiary/aromatic N) is 3. The SMILES string of the molecule is CN(C)[SiH](C)N(C)[SiH](C)N(C)C. The van der Waals surface area contributed by atoms with E-state index >= 15 is 0 Å². The minimum Gasteiger partial charge on any atom is -0.329 e. The second-order valence-corrected chi connectivity index (χ2v) is 10.7. The van der Waals surface area contributed by atoms with Crippen molar-refractivity contribution < 1.29 is 0 Å². The van der Waals surface area contributed by atoms with E-state index in [0.29, 0.717) is 0 Å². The lowest BCUT2D eigenvalue weighted by molar-refractivity contribution is 0.530. The lowest BCUT2D eigenvalue weighted by Gasteiger charge is -2.35. The molecule has 0 amide bonds. The van der Waals surface area contributed by atoms with Crippen LogP contribution in [-0.4, -0.2) is 66.8 Å². The molecule has 74 valence electrons. The van der Waals surface area contributed by atoms with Crippen LogP contribution in [0, 0.1) is 0 Å². The molecule has 0 aliphatic rings. The second kappa shape index (κ2) is 5.13. The lowest BCUT2D eigenvalue weighted by atomic mass is 11.3. The van der Waals surface area contributed by atoms with Crippen LogP contribution in [0.3, 0.4) is 0 Å². The van der Waals surface area contributed by atoms with E-state index in [0.717, 1.165) is 0 Å². The third-order valence-corrected chi connectivity index (χ3v) is 10.6. The van der Waals surface area contributed by atoms with Gasteiger partial charge in [0.05, 0.1) is 0 Å². The molecule has 0 fully saturated rings. The molecule has 0 aromatic heterocycles. The summed E-state index contributed by atoms with van der Waals surface area (Å²) in [6, 6.07) is 0. The van der Waals surface area contributed by atoms with E-state index in [2.05, 4.69) is 61.7 Å². The highest BCUT2D eigenvalue weighted by Gasteiger charge is 2.21. The Morgan fingerprint density at radius 1 is 0.667 bits per heavy atom. The molecule has 0 rings (SSSR count). The Hall–Kier alpha value is 0.314. The van der Waals surface area contributed by atoms with Crippen molar-refractivity contribution in [3.63, 3.8) is 0 Å².